The lowest BCUT2D eigenvalue weighted by Gasteiger charge is -2.29. The second-order valence-corrected chi connectivity index (χ2v) is 6.22. The van der Waals surface area contributed by atoms with Gasteiger partial charge in [-0.2, -0.15) is 0 Å². The van der Waals surface area contributed by atoms with Crippen molar-refractivity contribution in [2.75, 3.05) is 40.3 Å². The molecule has 0 bridgehead atoms. The molecule has 4 nitrogen and oxygen atoms in total. The van der Waals surface area contributed by atoms with E-state index in [2.05, 4.69) is 57.9 Å². The number of aryl methyl sites for hydroxylation is 1. The Morgan fingerprint density at radius 2 is 1.91 bits per heavy atom. The van der Waals surface area contributed by atoms with E-state index in [4.69, 9.17) is 0 Å². The average Bonchev–Trinajstić information content (AvgIpc) is 2.57. The van der Waals surface area contributed by atoms with Gasteiger partial charge in [0.25, 0.3) is 0 Å². The Hall–Kier alpha value is -1.55. The lowest BCUT2D eigenvalue weighted by molar-refractivity contribution is 0.220. The van der Waals surface area contributed by atoms with Crippen LogP contribution >= 0.6 is 0 Å². The fourth-order valence-electron chi connectivity index (χ4n) is 2.87. The van der Waals surface area contributed by atoms with Crippen molar-refractivity contribution in [1.82, 2.24) is 15.5 Å². The topological polar surface area (TPSA) is 39.7 Å². The first-order valence-corrected chi connectivity index (χ1v) is 8.45. The van der Waals surface area contributed by atoms with Crippen LogP contribution in [0, 0.1) is 5.92 Å². The van der Waals surface area contributed by atoms with Gasteiger partial charge in [0.1, 0.15) is 0 Å². The van der Waals surface area contributed by atoms with E-state index in [0.29, 0.717) is 0 Å². The van der Waals surface area contributed by atoms with E-state index in [1.165, 1.54) is 31.5 Å². The number of benzene rings is 1. The van der Waals surface area contributed by atoms with Gasteiger partial charge in [-0.3, -0.25) is 4.99 Å². The molecule has 1 aliphatic rings. The fraction of sp³-hybridized carbons (Fsp3) is 0.611. The maximum Gasteiger partial charge on any atom is 0.190 e. The second-order valence-electron chi connectivity index (χ2n) is 6.22. The van der Waals surface area contributed by atoms with Gasteiger partial charge in [0, 0.05) is 20.1 Å². The molecule has 1 saturated heterocycles. The summed E-state index contributed by atoms with van der Waals surface area (Å²) in [5, 5.41) is 6.89. The summed E-state index contributed by atoms with van der Waals surface area (Å²) >= 11 is 0. The highest BCUT2D eigenvalue weighted by Gasteiger charge is 2.16. The molecule has 1 aromatic rings. The summed E-state index contributed by atoms with van der Waals surface area (Å²) in [6.45, 7) is 4.43. The zero-order valence-electron chi connectivity index (χ0n) is 14.0. The molecule has 0 aromatic heterocycles. The molecule has 0 atom stereocenters. The zero-order chi connectivity index (χ0) is 15.6. The zero-order valence-corrected chi connectivity index (χ0v) is 14.0. The predicted octanol–water partition coefficient (Wildman–Crippen LogP) is 2.13. The predicted molar refractivity (Wildman–Crippen MR) is 94.3 cm³/mol. The Morgan fingerprint density at radius 1 is 1.18 bits per heavy atom. The molecule has 1 heterocycles. The molecule has 0 saturated carbocycles. The van der Waals surface area contributed by atoms with Crippen LogP contribution in [-0.2, 0) is 6.42 Å². The summed E-state index contributed by atoms with van der Waals surface area (Å²) in [5.41, 5.74) is 1.40. The number of hydrogen-bond acceptors (Lipinski definition) is 2. The van der Waals surface area contributed by atoms with Crippen LogP contribution in [0.1, 0.15) is 24.8 Å². The molecule has 1 aliphatic heterocycles. The van der Waals surface area contributed by atoms with E-state index < -0.39 is 0 Å². The Labute approximate surface area is 135 Å². The van der Waals surface area contributed by atoms with Gasteiger partial charge in [0.2, 0.25) is 0 Å². The SMILES string of the molecule is CN=C(NCCCc1ccccc1)NCC1CCN(C)CC1. The number of piperidine rings is 1. The quantitative estimate of drug-likeness (QED) is 0.480. The first-order valence-electron chi connectivity index (χ1n) is 8.45. The number of nitrogens with zero attached hydrogens (tertiary/aromatic N) is 2. The van der Waals surface area contributed by atoms with E-state index in [-0.39, 0.29) is 0 Å². The molecule has 4 heteroatoms. The number of hydrogen-bond donors (Lipinski definition) is 2. The van der Waals surface area contributed by atoms with Crippen LogP contribution in [0.15, 0.2) is 35.3 Å². The van der Waals surface area contributed by atoms with Gasteiger partial charge in [0.05, 0.1) is 0 Å². The van der Waals surface area contributed by atoms with Gasteiger partial charge < -0.3 is 15.5 Å². The first kappa shape index (κ1) is 16.8. The molecule has 2 N–H and O–H groups in total. The van der Waals surface area contributed by atoms with Crippen molar-refractivity contribution < 1.29 is 0 Å². The minimum absolute atomic E-state index is 0.777. The summed E-state index contributed by atoms with van der Waals surface area (Å²) in [7, 11) is 4.05. The Balaban J connectivity index is 1.59. The van der Waals surface area contributed by atoms with E-state index >= 15 is 0 Å². The highest BCUT2D eigenvalue weighted by atomic mass is 15.2. The lowest BCUT2D eigenvalue weighted by atomic mass is 9.97. The van der Waals surface area contributed by atoms with Crippen LogP contribution in [0.2, 0.25) is 0 Å². The van der Waals surface area contributed by atoms with Crippen molar-refractivity contribution in [3.05, 3.63) is 35.9 Å². The van der Waals surface area contributed by atoms with Crippen LogP contribution < -0.4 is 10.6 Å². The molecular weight excluding hydrogens is 272 g/mol. The molecule has 0 radical (unpaired) electrons. The number of rotatable bonds is 6. The molecular formula is C18H30N4. The summed E-state index contributed by atoms with van der Waals surface area (Å²) in [4.78, 5) is 6.73. The maximum atomic E-state index is 4.32. The van der Waals surface area contributed by atoms with Crippen LogP contribution in [0.5, 0.6) is 0 Å². The van der Waals surface area contributed by atoms with Gasteiger partial charge in [-0.05, 0) is 57.3 Å². The van der Waals surface area contributed by atoms with Gasteiger partial charge >= 0.3 is 0 Å². The van der Waals surface area contributed by atoms with E-state index in [1.54, 1.807) is 0 Å². The minimum Gasteiger partial charge on any atom is -0.356 e. The second kappa shape index (κ2) is 9.46. The Bertz CT molecular complexity index is 436. The van der Waals surface area contributed by atoms with Gasteiger partial charge in [-0.15, -0.1) is 0 Å². The third kappa shape index (κ3) is 6.06. The van der Waals surface area contributed by atoms with Crippen molar-refractivity contribution >= 4 is 5.96 Å². The number of likely N-dealkylation sites (tertiary alicyclic amines) is 1. The third-order valence-corrected chi connectivity index (χ3v) is 4.40. The number of nitrogens with one attached hydrogen (secondary N) is 2. The van der Waals surface area contributed by atoms with E-state index in [0.717, 1.165) is 37.8 Å². The van der Waals surface area contributed by atoms with Crippen LogP contribution in [-0.4, -0.2) is 51.1 Å². The molecule has 122 valence electrons. The summed E-state index contributed by atoms with van der Waals surface area (Å²) < 4.78 is 0. The van der Waals surface area contributed by atoms with Crippen molar-refractivity contribution in [2.24, 2.45) is 10.9 Å². The van der Waals surface area contributed by atoms with E-state index in [1.807, 2.05) is 7.05 Å². The molecule has 0 spiro atoms. The van der Waals surface area contributed by atoms with Crippen LogP contribution in [0.3, 0.4) is 0 Å². The average molecular weight is 302 g/mol. The molecule has 0 aliphatic carbocycles. The highest BCUT2D eigenvalue weighted by molar-refractivity contribution is 5.79. The normalized spacial score (nSPS) is 17.5. The van der Waals surface area contributed by atoms with E-state index in [9.17, 15) is 0 Å². The Morgan fingerprint density at radius 3 is 2.59 bits per heavy atom. The van der Waals surface area contributed by atoms with Crippen molar-refractivity contribution in [2.45, 2.75) is 25.7 Å². The Kier molecular flexibility index (Phi) is 7.23. The van der Waals surface area contributed by atoms with Crippen molar-refractivity contribution in [3.63, 3.8) is 0 Å². The largest absolute Gasteiger partial charge is 0.356 e. The molecule has 0 unspecified atom stereocenters. The summed E-state index contributed by atoms with van der Waals surface area (Å²) in [5.74, 6) is 1.71. The maximum absolute atomic E-state index is 4.32. The number of guanidine groups is 1. The van der Waals surface area contributed by atoms with Crippen LogP contribution in [0.4, 0.5) is 0 Å². The molecule has 0 amide bonds. The smallest absolute Gasteiger partial charge is 0.190 e. The first-order chi connectivity index (χ1) is 10.8. The van der Waals surface area contributed by atoms with Gasteiger partial charge in [-0.25, -0.2) is 0 Å². The summed E-state index contributed by atoms with van der Waals surface area (Å²) in [6, 6.07) is 10.6. The highest BCUT2D eigenvalue weighted by Crippen LogP contribution is 2.14. The van der Waals surface area contributed by atoms with Gasteiger partial charge in [0.15, 0.2) is 5.96 Å². The lowest BCUT2D eigenvalue weighted by Crippen LogP contribution is -2.42. The monoisotopic (exact) mass is 302 g/mol. The number of aliphatic imine (C=N–C) groups is 1. The molecule has 22 heavy (non-hydrogen) atoms. The molecule has 1 aromatic carbocycles. The standard InChI is InChI=1S/C18H30N4/c1-19-18(21-15-17-10-13-22(2)14-11-17)20-12-6-9-16-7-4-3-5-8-16/h3-5,7-8,17H,6,9-15H2,1-2H3,(H2,19,20,21). The van der Waals surface area contributed by atoms with Crippen LogP contribution in [0.25, 0.3) is 0 Å². The molecule has 1 fully saturated rings. The third-order valence-electron chi connectivity index (χ3n) is 4.40. The summed E-state index contributed by atoms with van der Waals surface area (Å²) in [6.07, 6.45) is 4.81. The fourth-order valence-corrected chi connectivity index (χ4v) is 2.87. The minimum atomic E-state index is 0.777. The molecule has 2 rings (SSSR count). The van der Waals surface area contributed by atoms with Gasteiger partial charge in [-0.1, -0.05) is 30.3 Å². The van der Waals surface area contributed by atoms with Crippen molar-refractivity contribution in [1.29, 1.82) is 0 Å². The van der Waals surface area contributed by atoms with Crippen molar-refractivity contribution in [3.8, 4) is 0 Å².